The second kappa shape index (κ2) is 10.00. The van der Waals surface area contributed by atoms with E-state index in [1.54, 1.807) is 6.20 Å². The summed E-state index contributed by atoms with van der Waals surface area (Å²) in [4.78, 5) is 14.7. The van der Waals surface area contributed by atoms with Crippen LogP contribution in [-0.2, 0) is 11.3 Å². The molecule has 0 aliphatic carbocycles. The molecule has 5 heteroatoms. The Morgan fingerprint density at radius 1 is 1.23 bits per heavy atom. The molecule has 2 aromatic rings. The van der Waals surface area contributed by atoms with Gasteiger partial charge in [-0.3, -0.25) is 9.48 Å². The van der Waals surface area contributed by atoms with Crippen molar-refractivity contribution in [2.24, 2.45) is 0 Å². The highest BCUT2D eigenvalue weighted by atomic mass is 16.2. The second-order valence-electron chi connectivity index (χ2n) is 6.84. The zero-order valence-electron chi connectivity index (χ0n) is 16.5. The number of carbonyl (C=O) groups excluding carboxylic acids is 1. The maximum Gasteiger partial charge on any atom is 0.239 e. The van der Waals surface area contributed by atoms with Crippen molar-refractivity contribution in [1.82, 2.24) is 15.1 Å². The Bertz CT molecular complexity index is 677. The number of nitrogens with one attached hydrogen (secondary N) is 1. The summed E-state index contributed by atoms with van der Waals surface area (Å²) in [6.07, 6.45) is 6.64. The summed E-state index contributed by atoms with van der Waals surface area (Å²) < 4.78 is 1.89. The molecule has 0 unspecified atom stereocenters. The standard InChI is InChI=1S/C21H32N4O/c1-5-19(6-2)25(20-10-9-17(3)18(4)15-20)16-21(26)22-11-7-13-24-14-8-12-23-24/h8-10,12,14-15,19H,5-7,11,13,16H2,1-4H3,(H,22,26). The minimum atomic E-state index is 0.0793. The molecule has 0 fully saturated rings. The molecule has 0 aliphatic heterocycles. The van der Waals surface area contributed by atoms with Crippen molar-refractivity contribution < 1.29 is 4.79 Å². The molecule has 1 heterocycles. The molecule has 0 saturated carbocycles. The van der Waals surface area contributed by atoms with Gasteiger partial charge < -0.3 is 10.2 Å². The fourth-order valence-corrected chi connectivity index (χ4v) is 3.18. The summed E-state index contributed by atoms with van der Waals surface area (Å²) in [6, 6.07) is 8.74. The molecule has 26 heavy (non-hydrogen) atoms. The van der Waals surface area contributed by atoms with Crippen LogP contribution in [0, 0.1) is 13.8 Å². The summed E-state index contributed by atoms with van der Waals surface area (Å²) in [7, 11) is 0. The van der Waals surface area contributed by atoms with Crippen molar-refractivity contribution >= 4 is 11.6 Å². The Balaban J connectivity index is 1.94. The van der Waals surface area contributed by atoms with Crippen LogP contribution in [0.1, 0.15) is 44.2 Å². The van der Waals surface area contributed by atoms with Gasteiger partial charge in [-0.05, 0) is 62.4 Å². The molecule has 0 atom stereocenters. The van der Waals surface area contributed by atoms with Crippen LogP contribution in [0.3, 0.4) is 0 Å². The first-order valence-corrected chi connectivity index (χ1v) is 9.63. The number of carbonyl (C=O) groups is 1. The number of amides is 1. The lowest BCUT2D eigenvalue weighted by Gasteiger charge is -2.32. The van der Waals surface area contributed by atoms with Gasteiger partial charge in [0, 0.05) is 37.2 Å². The van der Waals surface area contributed by atoms with Crippen molar-refractivity contribution in [1.29, 1.82) is 0 Å². The van der Waals surface area contributed by atoms with Gasteiger partial charge >= 0.3 is 0 Å². The predicted octanol–water partition coefficient (Wildman–Crippen LogP) is 3.70. The highest BCUT2D eigenvalue weighted by Gasteiger charge is 2.19. The van der Waals surface area contributed by atoms with Crippen molar-refractivity contribution in [3.63, 3.8) is 0 Å². The lowest BCUT2D eigenvalue weighted by Crippen LogP contribution is -2.43. The lowest BCUT2D eigenvalue weighted by atomic mass is 10.1. The van der Waals surface area contributed by atoms with E-state index in [4.69, 9.17) is 0 Å². The molecule has 142 valence electrons. The van der Waals surface area contributed by atoms with Crippen LogP contribution >= 0.6 is 0 Å². The molecule has 0 radical (unpaired) electrons. The number of anilines is 1. The number of aryl methyl sites for hydroxylation is 3. The number of hydrogen-bond acceptors (Lipinski definition) is 3. The molecule has 1 aromatic heterocycles. The monoisotopic (exact) mass is 356 g/mol. The first kappa shape index (κ1) is 20.0. The van der Waals surface area contributed by atoms with Crippen molar-refractivity contribution in [3.8, 4) is 0 Å². The first-order valence-electron chi connectivity index (χ1n) is 9.63. The van der Waals surface area contributed by atoms with Crippen molar-refractivity contribution in [2.45, 2.75) is 59.5 Å². The van der Waals surface area contributed by atoms with Crippen LogP contribution in [0.25, 0.3) is 0 Å². The highest BCUT2D eigenvalue weighted by molar-refractivity contribution is 5.81. The molecular formula is C21H32N4O. The van der Waals surface area contributed by atoms with E-state index in [0.717, 1.165) is 31.5 Å². The smallest absolute Gasteiger partial charge is 0.239 e. The number of rotatable bonds is 10. The van der Waals surface area contributed by atoms with Gasteiger partial charge in [0.1, 0.15) is 0 Å². The van der Waals surface area contributed by atoms with Crippen LogP contribution in [-0.4, -0.2) is 34.8 Å². The Labute approximate surface area is 157 Å². The van der Waals surface area contributed by atoms with E-state index in [1.807, 2.05) is 16.9 Å². The van der Waals surface area contributed by atoms with E-state index in [-0.39, 0.29) is 5.91 Å². The van der Waals surface area contributed by atoms with Crippen LogP contribution in [0.4, 0.5) is 5.69 Å². The quantitative estimate of drug-likeness (QED) is 0.660. The summed E-state index contributed by atoms with van der Waals surface area (Å²) >= 11 is 0. The molecule has 0 bridgehead atoms. The van der Waals surface area contributed by atoms with Crippen molar-refractivity contribution in [2.75, 3.05) is 18.0 Å². The van der Waals surface area contributed by atoms with Gasteiger partial charge in [-0.2, -0.15) is 5.10 Å². The molecule has 2 rings (SSSR count). The fraction of sp³-hybridized carbons (Fsp3) is 0.524. The Hall–Kier alpha value is -2.30. The van der Waals surface area contributed by atoms with E-state index in [1.165, 1.54) is 11.1 Å². The van der Waals surface area contributed by atoms with Gasteiger partial charge in [0.2, 0.25) is 5.91 Å². The normalized spacial score (nSPS) is 11.0. The van der Waals surface area contributed by atoms with Gasteiger partial charge in [0.25, 0.3) is 0 Å². The predicted molar refractivity (Wildman–Crippen MR) is 107 cm³/mol. The third kappa shape index (κ3) is 5.61. The molecule has 0 saturated heterocycles. The Morgan fingerprint density at radius 3 is 2.62 bits per heavy atom. The Kier molecular flexibility index (Phi) is 7.70. The van der Waals surface area contributed by atoms with E-state index in [0.29, 0.717) is 19.1 Å². The van der Waals surface area contributed by atoms with Gasteiger partial charge in [-0.25, -0.2) is 0 Å². The van der Waals surface area contributed by atoms with Crippen LogP contribution in [0.5, 0.6) is 0 Å². The fourth-order valence-electron chi connectivity index (χ4n) is 3.18. The molecule has 5 nitrogen and oxygen atoms in total. The summed E-state index contributed by atoms with van der Waals surface area (Å²) in [5.41, 5.74) is 3.67. The van der Waals surface area contributed by atoms with Crippen LogP contribution in [0.2, 0.25) is 0 Å². The van der Waals surface area contributed by atoms with E-state index >= 15 is 0 Å². The number of benzene rings is 1. The van der Waals surface area contributed by atoms with Gasteiger partial charge in [-0.1, -0.05) is 19.9 Å². The SMILES string of the molecule is CCC(CC)N(CC(=O)NCCCn1cccn1)c1ccc(C)c(C)c1. The molecule has 1 aromatic carbocycles. The molecule has 1 amide bonds. The third-order valence-electron chi connectivity index (χ3n) is 4.96. The van der Waals surface area contributed by atoms with Crippen LogP contribution < -0.4 is 10.2 Å². The maximum atomic E-state index is 12.5. The molecule has 0 aliphatic rings. The first-order chi connectivity index (χ1) is 12.5. The maximum absolute atomic E-state index is 12.5. The molecular weight excluding hydrogens is 324 g/mol. The number of aromatic nitrogens is 2. The summed E-state index contributed by atoms with van der Waals surface area (Å²) in [5.74, 6) is 0.0793. The number of hydrogen-bond donors (Lipinski definition) is 1. The highest BCUT2D eigenvalue weighted by Crippen LogP contribution is 2.23. The zero-order valence-corrected chi connectivity index (χ0v) is 16.5. The largest absolute Gasteiger partial charge is 0.359 e. The van der Waals surface area contributed by atoms with Crippen LogP contribution in [0.15, 0.2) is 36.7 Å². The van der Waals surface area contributed by atoms with E-state index < -0.39 is 0 Å². The van der Waals surface area contributed by atoms with Crippen molar-refractivity contribution in [3.05, 3.63) is 47.8 Å². The number of nitrogens with zero attached hydrogens (tertiary/aromatic N) is 3. The minimum Gasteiger partial charge on any atom is -0.359 e. The van der Waals surface area contributed by atoms with Gasteiger partial charge in [-0.15, -0.1) is 0 Å². The summed E-state index contributed by atoms with van der Waals surface area (Å²) in [5, 5.41) is 7.23. The third-order valence-corrected chi connectivity index (χ3v) is 4.96. The van der Waals surface area contributed by atoms with E-state index in [9.17, 15) is 4.79 Å². The lowest BCUT2D eigenvalue weighted by molar-refractivity contribution is -0.119. The molecule has 1 N–H and O–H groups in total. The summed E-state index contributed by atoms with van der Waals surface area (Å²) in [6.45, 7) is 10.5. The average Bonchev–Trinajstić information content (AvgIpc) is 3.15. The van der Waals surface area contributed by atoms with E-state index in [2.05, 4.69) is 61.2 Å². The topological polar surface area (TPSA) is 50.2 Å². The second-order valence-corrected chi connectivity index (χ2v) is 6.84. The minimum absolute atomic E-state index is 0.0793. The zero-order chi connectivity index (χ0) is 18.9. The van der Waals surface area contributed by atoms with Gasteiger partial charge in [0.15, 0.2) is 0 Å². The molecule has 0 spiro atoms. The average molecular weight is 357 g/mol. The van der Waals surface area contributed by atoms with Gasteiger partial charge in [0.05, 0.1) is 6.54 Å². The Morgan fingerprint density at radius 2 is 2.00 bits per heavy atom.